The Hall–Kier alpha value is -1.57. The van der Waals surface area contributed by atoms with Crippen molar-refractivity contribution in [3.8, 4) is 0 Å². The molecule has 4 rings (SSSR count). The SMILES string of the molecule is CC12Cc3cnoc3C(C)(C)C1CCC(c1ccccc1)C2. The Kier molecular flexibility index (Phi) is 3.01. The Morgan fingerprint density at radius 1 is 1.09 bits per heavy atom. The summed E-state index contributed by atoms with van der Waals surface area (Å²) in [6.07, 6.45) is 6.91. The fourth-order valence-electron chi connectivity index (χ4n) is 5.47. The summed E-state index contributed by atoms with van der Waals surface area (Å²) in [5, 5.41) is 4.09. The van der Waals surface area contributed by atoms with E-state index in [2.05, 4.69) is 56.3 Å². The molecule has 2 aliphatic rings. The first-order valence-corrected chi connectivity index (χ1v) is 8.50. The topological polar surface area (TPSA) is 26.0 Å². The van der Waals surface area contributed by atoms with Gasteiger partial charge in [-0.2, -0.15) is 0 Å². The van der Waals surface area contributed by atoms with E-state index in [1.165, 1.54) is 30.4 Å². The van der Waals surface area contributed by atoms with Crippen molar-refractivity contribution < 1.29 is 4.52 Å². The summed E-state index contributed by atoms with van der Waals surface area (Å²) in [5.74, 6) is 2.51. The maximum Gasteiger partial charge on any atom is 0.145 e. The molecule has 3 atom stereocenters. The third-order valence-electron chi connectivity index (χ3n) is 6.32. The largest absolute Gasteiger partial charge is 0.361 e. The van der Waals surface area contributed by atoms with Gasteiger partial charge in [0.15, 0.2) is 0 Å². The number of fused-ring (bicyclic) bond motifs is 2. The van der Waals surface area contributed by atoms with Gasteiger partial charge in [0.25, 0.3) is 0 Å². The highest BCUT2D eigenvalue weighted by molar-refractivity contribution is 5.31. The lowest BCUT2D eigenvalue weighted by Crippen LogP contribution is -2.49. The van der Waals surface area contributed by atoms with E-state index in [0.29, 0.717) is 17.3 Å². The van der Waals surface area contributed by atoms with Crippen LogP contribution >= 0.6 is 0 Å². The number of aromatic nitrogens is 1. The summed E-state index contributed by atoms with van der Waals surface area (Å²) in [6, 6.07) is 11.1. The van der Waals surface area contributed by atoms with Gasteiger partial charge in [0.2, 0.25) is 0 Å². The van der Waals surface area contributed by atoms with Crippen LogP contribution in [0.25, 0.3) is 0 Å². The molecule has 2 aromatic rings. The Bertz CT molecular complexity index is 672. The average molecular weight is 295 g/mol. The maximum atomic E-state index is 5.63. The fourth-order valence-corrected chi connectivity index (χ4v) is 5.47. The van der Waals surface area contributed by atoms with E-state index < -0.39 is 0 Å². The van der Waals surface area contributed by atoms with Gasteiger partial charge in [0.05, 0.1) is 6.20 Å². The Morgan fingerprint density at radius 3 is 2.64 bits per heavy atom. The molecular weight excluding hydrogens is 270 g/mol. The molecule has 1 aromatic heterocycles. The van der Waals surface area contributed by atoms with Crippen molar-refractivity contribution in [2.45, 2.75) is 57.8 Å². The van der Waals surface area contributed by atoms with Gasteiger partial charge in [-0.1, -0.05) is 56.3 Å². The van der Waals surface area contributed by atoms with Gasteiger partial charge >= 0.3 is 0 Å². The van der Waals surface area contributed by atoms with Crippen molar-refractivity contribution in [3.63, 3.8) is 0 Å². The second-order valence-electron chi connectivity index (χ2n) is 8.17. The Morgan fingerprint density at radius 2 is 1.86 bits per heavy atom. The first-order valence-electron chi connectivity index (χ1n) is 8.50. The summed E-state index contributed by atoms with van der Waals surface area (Å²) in [4.78, 5) is 0. The van der Waals surface area contributed by atoms with Gasteiger partial charge in [0.1, 0.15) is 5.76 Å². The van der Waals surface area contributed by atoms with E-state index in [-0.39, 0.29) is 5.41 Å². The van der Waals surface area contributed by atoms with E-state index in [1.54, 1.807) is 0 Å². The molecule has 116 valence electrons. The minimum Gasteiger partial charge on any atom is -0.361 e. The van der Waals surface area contributed by atoms with Crippen LogP contribution < -0.4 is 0 Å². The van der Waals surface area contributed by atoms with Crippen molar-refractivity contribution in [1.29, 1.82) is 0 Å². The molecule has 2 heteroatoms. The molecule has 2 aliphatic carbocycles. The van der Waals surface area contributed by atoms with Gasteiger partial charge < -0.3 is 4.52 Å². The van der Waals surface area contributed by atoms with Crippen molar-refractivity contribution in [3.05, 3.63) is 53.4 Å². The van der Waals surface area contributed by atoms with Crippen LogP contribution in [0.5, 0.6) is 0 Å². The van der Waals surface area contributed by atoms with Crippen molar-refractivity contribution in [2.75, 3.05) is 0 Å². The number of hydrogen-bond donors (Lipinski definition) is 0. The van der Waals surface area contributed by atoms with Crippen LogP contribution in [0.3, 0.4) is 0 Å². The van der Waals surface area contributed by atoms with E-state index >= 15 is 0 Å². The zero-order valence-corrected chi connectivity index (χ0v) is 13.8. The van der Waals surface area contributed by atoms with Crippen LogP contribution in [0.1, 0.15) is 62.8 Å². The van der Waals surface area contributed by atoms with Crippen LogP contribution in [-0.2, 0) is 11.8 Å². The minimum absolute atomic E-state index is 0.0977. The standard InChI is InChI=1S/C20H25NO/c1-19(2)17-10-9-15(14-7-5-4-6-8-14)11-20(17,3)12-16-13-21-22-18(16)19/h4-8,13,15,17H,9-12H2,1-3H3. The number of hydrogen-bond acceptors (Lipinski definition) is 2. The molecule has 22 heavy (non-hydrogen) atoms. The molecule has 1 aromatic carbocycles. The van der Waals surface area contributed by atoms with Gasteiger partial charge in [0, 0.05) is 11.0 Å². The lowest BCUT2D eigenvalue weighted by atomic mass is 9.50. The zero-order chi connectivity index (χ0) is 15.4. The van der Waals surface area contributed by atoms with Crippen LogP contribution in [0.15, 0.2) is 41.1 Å². The predicted molar refractivity (Wildman–Crippen MR) is 87.9 cm³/mol. The van der Waals surface area contributed by atoms with E-state index in [1.807, 2.05) is 6.20 Å². The second kappa shape index (κ2) is 4.71. The van der Waals surface area contributed by atoms with Crippen LogP contribution in [0.2, 0.25) is 0 Å². The summed E-state index contributed by atoms with van der Waals surface area (Å²) in [5.41, 5.74) is 3.29. The summed E-state index contributed by atoms with van der Waals surface area (Å²) < 4.78 is 5.63. The average Bonchev–Trinajstić information content (AvgIpc) is 2.96. The maximum absolute atomic E-state index is 5.63. The van der Waals surface area contributed by atoms with Crippen LogP contribution in [0.4, 0.5) is 0 Å². The van der Waals surface area contributed by atoms with E-state index in [4.69, 9.17) is 4.52 Å². The predicted octanol–water partition coefficient (Wildman–Crippen LogP) is 5.10. The van der Waals surface area contributed by atoms with Gasteiger partial charge in [-0.3, -0.25) is 0 Å². The zero-order valence-electron chi connectivity index (χ0n) is 13.8. The van der Waals surface area contributed by atoms with Crippen LogP contribution in [0, 0.1) is 11.3 Å². The highest BCUT2D eigenvalue weighted by Crippen LogP contribution is 2.59. The lowest BCUT2D eigenvalue weighted by Gasteiger charge is -2.54. The monoisotopic (exact) mass is 295 g/mol. The molecule has 3 unspecified atom stereocenters. The van der Waals surface area contributed by atoms with E-state index in [0.717, 1.165) is 12.2 Å². The van der Waals surface area contributed by atoms with Crippen molar-refractivity contribution in [1.82, 2.24) is 5.16 Å². The third-order valence-corrected chi connectivity index (χ3v) is 6.32. The molecule has 2 nitrogen and oxygen atoms in total. The summed E-state index contributed by atoms with van der Waals surface area (Å²) in [7, 11) is 0. The number of nitrogens with zero attached hydrogens (tertiary/aromatic N) is 1. The first-order chi connectivity index (χ1) is 10.5. The molecule has 0 bridgehead atoms. The highest BCUT2D eigenvalue weighted by Gasteiger charge is 2.53. The quantitative estimate of drug-likeness (QED) is 0.731. The Balaban J connectivity index is 1.70. The first kappa shape index (κ1) is 14.0. The minimum atomic E-state index is 0.0977. The van der Waals surface area contributed by atoms with Crippen molar-refractivity contribution in [2.24, 2.45) is 11.3 Å². The number of benzene rings is 1. The molecule has 0 saturated heterocycles. The Labute approximate surface area is 132 Å². The van der Waals surface area contributed by atoms with Crippen LogP contribution in [-0.4, -0.2) is 5.16 Å². The normalized spacial score (nSPS) is 33.0. The molecule has 0 aliphatic heterocycles. The molecule has 0 N–H and O–H groups in total. The summed E-state index contributed by atoms with van der Waals surface area (Å²) in [6.45, 7) is 7.19. The van der Waals surface area contributed by atoms with Gasteiger partial charge in [-0.05, 0) is 48.5 Å². The molecule has 0 spiro atoms. The fraction of sp³-hybridized carbons (Fsp3) is 0.550. The molecule has 1 heterocycles. The smallest absolute Gasteiger partial charge is 0.145 e. The van der Waals surface area contributed by atoms with E-state index in [9.17, 15) is 0 Å². The van der Waals surface area contributed by atoms with Gasteiger partial charge in [-0.15, -0.1) is 0 Å². The molecule has 1 saturated carbocycles. The second-order valence-corrected chi connectivity index (χ2v) is 8.17. The molecule has 1 fully saturated rings. The summed E-state index contributed by atoms with van der Waals surface area (Å²) >= 11 is 0. The van der Waals surface area contributed by atoms with Crippen molar-refractivity contribution >= 4 is 0 Å². The van der Waals surface area contributed by atoms with Gasteiger partial charge in [-0.25, -0.2) is 0 Å². The molecule has 0 amide bonds. The highest BCUT2D eigenvalue weighted by atomic mass is 16.5. The third kappa shape index (κ3) is 1.96. The molecular formula is C20H25NO. The number of rotatable bonds is 1. The lowest BCUT2D eigenvalue weighted by molar-refractivity contribution is 0.0190. The molecule has 0 radical (unpaired) electrons.